The highest BCUT2D eigenvalue weighted by Crippen LogP contribution is 2.26. The first-order chi connectivity index (χ1) is 10.1. The molecule has 21 heavy (non-hydrogen) atoms. The fourth-order valence-corrected chi connectivity index (χ4v) is 2.07. The molecule has 0 atom stereocenters. The molecule has 1 aliphatic carbocycles. The second-order valence-corrected chi connectivity index (χ2v) is 5.08. The van der Waals surface area contributed by atoms with Crippen LogP contribution in [0.15, 0.2) is 24.3 Å². The number of benzene rings is 1. The van der Waals surface area contributed by atoms with Gasteiger partial charge in [-0.3, -0.25) is 0 Å². The van der Waals surface area contributed by atoms with E-state index in [1.54, 1.807) is 24.1 Å². The number of ether oxygens (including phenoxy) is 1. The summed E-state index contributed by atoms with van der Waals surface area (Å²) in [7, 11) is 1.62. The molecule has 0 unspecified atom stereocenters. The molecule has 2 amide bonds. The third-order valence-electron chi connectivity index (χ3n) is 3.43. The summed E-state index contributed by atoms with van der Waals surface area (Å²) in [5.74, 6) is -0.954. The molecule has 0 aliphatic heterocycles. The van der Waals surface area contributed by atoms with Gasteiger partial charge in [-0.2, -0.15) is 0 Å². The van der Waals surface area contributed by atoms with Crippen LogP contribution in [0.25, 0.3) is 0 Å². The molecule has 0 aromatic heterocycles. The second-order valence-electron chi connectivity index (χ2n) is 5.08. The molecule has 6 heteroatoms. The monoisotopic (exact) mass is 292 g/mol. The fraction of sp³-hybridized carbons (Fsp3) is 0.467. The van der Waals surface area contributed by atoms with Crippen LogP contribution < -0.4 is 5.32 Å². The zero-order chi connectivity index (χ0) is 15.2. The number of nitrogens with zero attached hydrogens (tertiary/aromatic N) is 1. The van der Waals surface area contributed by atoms with Gasteiger partial charge in [0.15, 0.2) is 0 Å². The average Bonchev–Trinajstić information content (AvgIpc) is 3.30. The van der Waals surface area contributed by atoms with Crippen LogP contribution in [0.2, 0.25) is 0 Å². The van der Waals surface area contributed by atoms with Gasteiger partial charge in [0.05, 0.1) is 12.2 Å². The van der Waals surface area contributed by atoms with Crippen molar-refractivity contribution in [2.24, 2.45) is 0 Å². The number of urea groups is 1. The minimum Gasteiger partial charge on any atom is -0.478 e. The van der Waals surface area contributed by atoms with Crippen molar-refractivity contribution < 1.29 is 19.4 Å². The first kappa shape index (κ1) is 15.3. The number of carboxylic acids is 1. The van der Waals surface area contributed by atoms with Crippen LogP contribution in [0.1, 0.15) is 28.8 Å². The standard InChI is InChI=1S/C15H20N2O4/c1-21-9-8-17(13-6-7-13)15(20)16-10-11-2-4-12(5-3-11)14(18)19/h2-5,13H,6-10H2,1H3,(H,16,20)(H,18,19). The molecule has 114 valence electrons. The van der Waals surface area contributed by atoms with Gasteiger partial charge in [0.25, 0.3) is 0 Å². The van der Waals surface area contributed by atoms with E-state index >= 15 is 0 Å². The molecular formula is C15H20N2O4. The number of nitrogens with one attached hydrogen (secondary N) is 1. The highest BCUT2D eigenvalue weighted by Gasteiger charge is 2.32. The van der Waals surface area contributed by atoms with Gasteiger partial charge in [-0.1, -0.05) is 12.1 Å². The molecule has 1 fully saturated rings. The molecule has 0 spiro atoms. The van der Waals surface area contributed by atoms with Crippen LogP contribution in [-0.2, 0) is 11.3 Å². The number of carboxylic acid groups (broad SMARTS) is 1. The Balaban J connectivity index is 1.85. The summed E-state index contributed by atoms with van der Waals surface area (Å²) in [6.07, 6.45) is 2.09. The molecule has 1 aliphatic rings. The van der Waals surface area contributed by atoms with E-state index in [2.05, 4.69) is 5.32 Å². The van der Waals surface area contributed by atoms with Crippen LogP contribution in [0.4, 0.5) is 4.79 Å². The van der Waals surface area contributed by atoms with Crippen LogP contribution in [0, 0.1) is 0 Å². The zero-order valence-electron chi connectivity index (χ0n) is 12.0. The van der Waals surface area contributed by atoms with Crippen molar-refractivity contribution in [3.8, 4) is 0 Å². The Morgan fingerprint density at radius 1 is 1.33 bits per heavy atom. The summed E-state index contributed by atoms with van der Waals surface area (Å²) in [5, 5.41) is 11.7. The lowest BCUT2D eigenvalue weighted by molar-refractivity contribution is 0.0697. The summed E-state index contributed by atoms with van der Waals surface area (Å²) in [6, 6.07) is 6.72. The van der Waals surface area contributed by atoms with E-state index in [1.807, 2.05) is 0 Å². The minimum absolute atomic E-state index is 0.100. The van der Waals surface area contributed by atoms with E-state index in [-0.39, 0.29) is 11.6 Å². The van der Waals surface area contributed by atoms with Crippen LogP contribution in [-0.4, -0.2) is 48.3 Å². The maximum Gasteiger partial charge on any atom is 0.335 e. The summed E-state index contributed by atoms with van der Waals surface area (Å²) in [5.41, 5.74) is 1.11. The molecule has 0 saturated heterocycles. The second kappa shape index (κ2) is 7.08. The number of hydrogen-bond donors (Lipinski definition) is 2. The molecule has 0 heterocycles. The lowest BCUT2D eigenvalue weighted by atomic mass is 10.1. The molecular weight excluding hydrogens is 272 g/mol. The summed E-state index contributed by atoms with van der Waals surface area (Å²) < 4.78 is 5.02. The Morgan fingerprint density at radius 3 is 2.52 bits per heavy atom. The molecule has 6 nitrogen and oxygen atoms in total. The van der Waals surface area contributed by atoms with E-state index in [1.165, 1.54) is 12.1 Å². The Hall–Kier alpha value is -2.08. The fourth-order valence-electron chi connectivity index (χ4n) is 2.07. The summed E-state index contributed by atoms with van der Waals surface area (Å²) in [4.78, 5) is 24.7. The Labute approximate surface area is 123 Å². The van der Waals surface area contributed by atoms with E-state index < -0.39 is 5.97 Å². The lowest BCUT2D eigenvalue weighted by Gasteiger charge is -2.22. The molecule has 1 aromatic rings. The Bertz CT molecular complexity index is 497. The molecule has 1 saturated carbocycles. The van der Waals surface area contributed by atoms with Gasteiger partial charge in [-0.25, -0.2) is 9.59 Å². The minimum atomic E-state index is -0.954. The van der Waals surface area contributed by atoms with Crippen LogP contribution in [0.3, 0.4) is 0 Å². The van der Waals surface area contributed by atoms with E-state index in [0.717, 1.165) is 18.4 Å². The van der Waals surface area contributed by atoms with E-state index in [9.17, 15) is 9.59 Å². The Kier molecular flexibility index (Phi) is 5.16. The van der Waals surface area contributed by atoms with E-state index in [0.29, 0.717) is 25.7 Å². The maximum atomic E-state index is 12.1. The third-order valence-corrected chi connectivity index (χ3v) is 3.43. The highest BCUT2D eigenvalue weighted by molar-refractivity contribution is 5.87. The topological polar surface area (TPSA) is 78.9 Å². The first-order valence-electron chi connectivity index (χ1n) is 6.97. The number of hydrogen-bond acceptors (Lipinski definition) is 3. The predicted molar refractivity (Wildman–Crippen MR) is 77.2 cm³/mol. The van der Waals surface area contributed by atoms with Gasteiger partial charge in [-0.05, 0) is 30.5 Å². The lowest BCUT2D eigenvalue weighted by Crippen LogP contribution is -2.42. The average molecular weight is 292 g/mol. The number of aromatic carboxylic acids is 1. The normalized spacial score (nSPS) is 13.8. The molecule has 2 rings (SSSR count). The van der Waals surface area contributed by atoms with Gasteiger partial charge >= 0.3 is 12.0 Å². The number of methoxy groups -OCH3 is 1. The van der Waals surface area contributed by atoms with Crippen molar-refractivity contribution in [3.63, 3.8) is 0 Å². The largest absolute Gasteiger partial charge is 0.478 e. The molecule has 1 aromatic carbocycles. The first-order valence-corrected chi connectivity index (χ1v) is 6.97. The number of carbonyl (C=O) groups excluding carboxylic acids is 1. The highest BCUT2D eigenvalue weighted by atomic mass is 16.5. The Morgan fingerprint density at radius 2 is 2.00 bits per heavy atom. The predicted octanol–water partition coefficient (Wildman–Crippen LogP) is 1.71. The van der Waals surface area contributed by atoms with Crippen molar-refractivity contribution in [1.82, 2.24) is 10.2 Å². The van der Waals surface area contributed by atoms with Gasteiger partial charge in [0.2, 0.25) is 0 Å². The van der Waals surface area contributed by atoms with Gasteiger partial charge < -0.3 is 20.1 Å². The number of rotatable bonds is 7. The number of amides is 2. The molecule has 0 radical (unpaired) electrons. The number of carbonyl (C=O) groups is 2. The van der Waals surface area contributed by atoms with Crippen molar-refractivity contribution in [3.05, 3.63) is 35.4 Å². The SMILES string of the molecule is COCCN(C(=O)NCc1ccc(C(=O)O)cc1)C1CC1. The maximum absolute atomic E-state index is 12.1. The van der Waals surface area contributed by atoms with Gasteiger partial charge in [-0.15, -0.1) is 0 Å². The van der Waals surface area contributed by atoms with Crippen LogP contribution >= 0.6 is 0 Å². The quantitative estimate of drug-likeness (QED) is 0.802. The van der Waals surface area contributed by atoms with Crippen molar-refractivity contribution in [2.45, 2.75) is 25.4 Å². The van der Waals surface area contributed by atoms with E-state index in [4.69, 9.17) is 9.84 Å². The van der Waals surface area contributed by atoms with Gasteiger partial charge in [0.1, 0.15) is 0 Å². The van der Waals surface area contributed by atoms with Gasteiger partial charge in [0, 0.05) is 26.2 Å². The molecule has 0 bridgehead atoms. The van der Waals surface area contributed by atoms with Crippen molar-refractivity contribution in [2.75, 3.05) is 20.3 Å². The van der Waals surface area contributed by atoms with Crippen molar-refractivity contribution in [1.29, 1.82) is 0 Å². The van der Waals surface area contributed by atoms with Crippen LogP contribution in [0.5, 0.6) is 0 Å². The molecule has 2 N–H and O–H groups in total. The third kappa shape index (κ3) is 4.46. The smallest absolute Gasteiger partial charge is 0.335 e. The zero-order valence-corrected chi connectivity index (χ0v) is 12.0. The summed E-state index contributed by atoms with van der Waals surface area (Å²) >= 11 is 0. The summed E-state index contributed by atoms with van der Waals surface area (Å²) in [6.45, 7) is 1.50. The van der Waals surface area contributed by atoms with Crippen molar-refractivity contribution >= 4 is 12.0 Å².